The van der Waals surface area contributed by atoms with E-state index in [9.17, 15) is 19.2 Å². The van der Waals surface area contributed by atoms with Crippen LogP contribution in [0.1, 0.15) is 95.0 Å². The van der Waals surface area contributed by atoms with E-state index < -0.39 is 36.1 Å². The van der Waals surface area contributed by atoms with Crippen molar-refractivity contribution >= 4 is 55.3 Å². The Morgan fingerprint density at radius 3 is 0.802 bits per heavy atom. The molecule has 0 saturated carbocycles. The molecule has 4 aromatic carbocycles. The van der Waals surface area contributed by atoms with Crippen LogP contribution < -0.4 is 37.9 Å². The molecule has 0 spiro atoms. The van der Waals surface area contributed by atoms with Crippen molar-refractivity contribution < 1.29 is 99.7 Å². The highest BCUT2D eigenvalue weighted by molar-refractivity contribution is 6.09. The molecule has 4 aromatic heterocycles. The molecule has 588 valence electrons. The van der Waals surface area contributed by atoms with Crippen LogP contribution >= 0.6 is 0 Å². The van der Waals surface area contributed by atoms with E-state index in [2.05, 4.69) is 41.2 Å². The molecule has 8 rings (SSSR count). The molecule has 33 nitrogen and oxygen atoms in total. The number of rotatable bonds is 54. The number of aryl methyl sites for hydroxylation is 4. The largest absolute Gasteiger partial charge is 0.483 e. The molecular formula is C74H94B4N12O21. The molecule has 0 amide bonds. The second kappa shape index (κ2) is 46.9. The van der Waals surface area contributed by atoms with Gasteiger partial charge in [-0.3, -0.25) is 19.2 Å². The van der Waals surface area contributed by atoms with E-state index in [0.29, 0.717) is 130 Å². The fourth-order valence-corrected chi connectivity index (χ4v) is 10.8. The molecule has 8 aromatic rings. The highest BCUT2D eigenvalue weighted by Crippen LogP contribution is 2.37. The fourth-order valence-electron chi connectivity index (χ4n) is 10.8. The molecule has 0 bridgehead atoms. The first-order valence-corrected chi connectivity index (χ1v) is 36.2. The number of carbonyl (C=O) groups excluding carboxylic acids is 4. The summed E-state index contributed by atoms with van der Waals surface area (Å²) in [4.78, 5) is 47.4. The van der Waals surface area contributed by atoms with Gasteiger partial charge in [0.2, 0.25) is 0 Å². The lowest BCUT2D eigenvalue weighted by molar-refractivity contribution is -0.133. The second-order valence-electron chi connectivity index (χ2n) is 25.3. The number of nitrogens with zero attached hydrogens (tertiary/aromatic N) is 12. The fraction of sp³-hybridized carbons (Fsp3) is 0.514. The van der Waals surface area contributed by atoms with E-state index in [0.717, 1.165) is 22.3 Å². The summed E-state index contributed by atoms with van der Waals surface area (Å²) in [5.41, 5.74) is 8.27. The van der Waals surface area contributed by atoms with Crippen LogP contribution in [0.2, 0.25) is 0 Å². The van der Waals surface area contributed by atoms with Crippen LogP contribution in [0.25, 0.3) is 0 Å². The number of hydrogen-bond acceptors (Lipinski definition) is 29. The maximum Gasteiger partial charge on any atom is 0.308 e. The smallest absolute Gasteiger partial charge is 0.308 e. The van der Waals surface area contributed by atoms with Crippen LogP contribution in [0, 0.1) is 27.7 Å². The topological polar surface area (TPSA) is 348 Å². The quantitative estimate of drug-likeness (QED) is 0.0210. The molecule has 0 N–H and O–H groups in total. The van der Waals surface area contributed by atoms with Crippen molar-refractivity contribution in [3.8, 4) is 46.0 Å². The van der Waals surface area contributed by atoms with Gasteiger partial charge in [-0.15, -0.1) is 20.4 Å². The van der Waals surface area contributed by atoms with Crippen molar-refractivity contribution in [2.75, 3.05) is 106 Å². The first kappa shape index (κ1) is 87.0. The zero-order valence-corrected chi connectivity index (χ0v) is 64.1. The normalized spacial score (nSPS) is 11.9. The van der Waals surface area contributed by atoms with Crippen LogP contribution in [0.5, 0.6) is 46.0 Å². The summed E-state index contributed by atoms with van der Waals surface area (Å²) < 4.78 is 107. The average Bonchev–Trinajstić information content (AvgIpc) is 1.59. The molecule has 0 aliphatic carbocycles. The monoisotopic (exact) mass is 1530 g/mol. The zero-order chi connectivity index (χ0) is 79.3. The van der Waals surface area contributed by atoms with Gasteiger partial charge < -0.3 is 80.5 Å². The predicted molar refractivity (Wildman–Crippen MR) is 400 cm³/mol. The second-order valence-corrected chi connectivity index (χ2v) is 25.3. The van der Waals surface area contributed by atoms with Gasteiger partial charge in [-0.25, -0.2) is 18.7 Å². The number of benzene rings is 4. The maximum atomic E-state index is 11.9. The van der Waals surface area contributed by atoms with Gasteiger partial charge >= 0.3 is 23.9 Å². The van der Waals surface area contributed by atoms with Gasteiger partial charge in [0.05, 0.1) is 188 Å². The van der Waals surface area contributed by atoms with Gasteiger partial charge in [-0.2, -0.15) is 0 Å². The maximum absolute atomic E-state index is 11.9. The molecular weight excluding hydrogens is 1440 g/mol. The van der Waals surface area contributed by atoms with Gasteiger partial charge in [0.25, 0.3) is 0 Å². The summed E-state index contributed by atoms with van der Waals surface area (Å²) in [6, 6.07) is 14.3. The third-order valence-corrected chi connectivity index (χ3v) is 16.0. The summed E-state index contributed by atoms with van der Waals surface area (Å²) in [5, 5.41) is 33.8. The Morgan fingerprint density at radius 1 is 0.324 bits per heavy atom. The summed E-state index contributed by atoms with van der Waals surface area (Å²) in [6.07, 6.45) is 6.95. The van der Waals surface area contributed by atoms with Crippen LogP contribution in [-0.2, 0) is 140 Å². The van der Waals surface area contributed by atoms with Crippen molar-refractivity contribution in [2.45, 2.75) is 145 Å². The summed E-state index contributed by atoms with van der Waals surface area (Å²) in [5.74, 6) is 0.804. The van der Waals surface area contributed by atoms with Crippen molar-refractivity contribution in [1.29, 1.82) is 0 Å². The zero-order valence-electron chi connectivity index (χ0n) is 64.1. The molecule has 0 aliphatic heterocycles. The van der Waals surface area contributed by atoms with Crippen molar-refractivity contribution in [3.63, 3.8) is 0 Å². The summed E-state index contributed by atoms with van der Waals surface area (Å²) >= 11 is 0. The van der Waals surface area contributed by atoms with Crippen LogP contribution in [0.3, 0.4) is 0 Å². The summed E-state index contributed by atoms with van der Waals surface area (Å²) in [6.45, 7) is 17.8. The van der Waals surface area contributed by atoms with Crippen LogP contribution in [0.15, 0.2) is 73.3 Å². The van der Waals surface area contributed by atoms with Gasteiger partial charge in [0, 0.05) is 27.7 Å². The third kappa shape index (κ3) is 30.6. The number of carbonyl (C=O) groups is 4. The lowest BCUT2D eigenvalue weighted by Gasteiger charge is -2.22. The Labute approximate surface area is 650 Å². The lowest BCUT2D eigenvalue weighted by atomic mass is 9.95. The van der Waals surface area contributed by atoms with E-state index in [1.807, 2.05) is 52.0 Å². The minimum absolute atomic E-state index is 0.0575. The van der Waals surface area contributed by atoms with Crippen LogP contribution in [-0.4, -0.2) is 233 Å². The molecule has 2 atom stereocenters. The van der Waals surface area contributed by atoms with Crippen molar-refractivity contribution in [1.82, 2.24) is 60.0 Å². The minimum atomic E-state index is -0.553. The van der Waals surface area contributed by atoms with Gasteiger partial charge in [-0.05, 0) is 74.2 Å². The Kier molecular flexibility index (Phi) is 36.8. The van der Waals surface area contributed by atoms with E-state index in [4.69, 9.17) is 112 Å². The molecule has 37 heteroatoms. The number of ether oxygens (including phenoxy) is 17. The van der Waals surface area contributed by atoms with E-state index in [1.54, 1.807) is 67.8 Å². The number of aromatic nitrogens is 12. The Bertz CT molecular complexity index is 3960. The van der Waals surface area contributed by atoms with Gasteiger partial charge in [0.15, 0.2) is 46.0 Å². The van der Waals surface area contributed by atoms with Crippen LogP contribution in [0.4, 0.5) is 0 Å². The number of esters is 4. The standard InChI is InChI=1S/C74H94B4N12O21/c1-49-25-57(33-75)29-67(71(49)108-53(5)91)104-41-61-37-87(83-79-61)9-13-95-17-19-99-45-65(102-23-21-97-15-11-89-39-63(81-85-89)43-106-69-31-59(35-77)27-51(3)73(69)110-55(7)93)47-101-48-66(103-24-22-98-16-12-90-40-64(82-86-90)44-107-70-32-60(36-78)28-52(4)74(70)111-56(8)94)46-100-20-18-96-14-10-88-38-62(80-84-88)42-105-68-30-58(34-76)26-50(2)72(68)109-54(6)92/h25-32,37-40,65-66H,9-24,33-36,41-48H2,1-8H3. The first-order chi connectivity index (χ1) is 53.7. The molecule has 0 aliphatic rings. The Morgan fingerprint density at radius 2 is 0.559 bits per heavy atom. The van der Waals surface area contributed by atoms with E-state index in [1.165, 1.54) is 27.7 Å². The highest BCUT2D eigenvalue weighted by atomic mass is 16.6. The van der Waals surface area contributed by atoms with E-state index in [-0.39, 0.29) is 144 Å². The first-order valence-electron chi connectivity index (χ1n) is 36.2. The van der Waals surface area contributed by atoms with E-state index >= 15 is 0 Å². The summed E-state index contributed by atoms with van der Waals surface area (Å²) in [7, 11) is 23.6. The minimum Gasteiger partial charge on any atom is -0.483 e. The van der Waals surface area contributed by atoms with Gasteiger partial charge in [-0.1, -0.05) is 92.7 Å². The highest BCUT2D eigenvalue weighted by Gasteiger charge is 2.21. The van der Waals surface area contributed by atoms with Crippen molar-refractivity contribution in [2.24, 2.45) is 0 Å². The average molecular weight is 1530 g/mol. The molecule has 2 unspecified atom stereocenters. The molecule has 0 saturated heterocycles. The number of hydrogen-bond donors (Lipinski definition) is 0. The molecule has 8 radical (unpaired) electrons. The lowest BCUT2D eigenvalue weighted by Crippen LogP contribution is -2.32. The predicted octanol–water partition coefficient (Wildman–Crippen LogP) is 4.96. The molecule has 4 heterocycles. The molecule has 111 heavy (non-hydrogen) atoms. The van der Waals surface area contributed by atoms with Crippen molar-refractivity contribution in [3.05, 3.63) is 141 Å². The SMILES string of the molecule is [B]Cc1cc(C)c(OC(C)=O)c(OCc2cn(CCOCCOCC(COCC(COCCOCCn3cc(COc4cc(C[B])cc(C)c4OC(C)=O)nn3)OCCOCCn3cc(COc4cc(C[B])cc(C)c4OC(C)=O)nn3)OCCOCCn3cc(COc4cc(C[B])cc(C)c4OC(C)=O)nn3)nn2)c1. The Balaban J connectivity index is 0.823. The third-order valence-electron chi connectivity index (χ3n) is 16.0. The van der Waals surface area contributed by atoms with Gasteiger partial charge in [0.1, 0.15) is 61.4 Å². The Hall–Kier alpha value is -9.58. The molecule has 0 fully saturated rings.